The molecule has 0 saturated heterocycles. The Morgan fingerprint density at radius 1 is 1.08 bits per heavy atom. The molecule has 68 valence electrons. The zero-order valence-electron chi connectivity index (χ0n) is 6.77. The minimum atomic E-state index is -1.42. The highest BCUT2D eigenvalue weighted by atomic mass is 16.4. The Kier molecular flexibility index (Phi) is 4.79. The number of rotatable bonds is 2. The molecule has 0 radical (unpaired) electrons. The Morgan fingerprint density at radius 2 is 1.54 bits per heavy atom. The number of carbonyl (C=O) groups is 3. The van der Waals surface area contributed by atoms with E-state index in [1.807, 2.05) is 6.79 Å². The predicted molar refractivity (Wildman–Crippen MR) is 45.5 cm³/mol. The highest BCUT2D eigenvalue weighted by Crippen LogP contribution is 1.98. The van der Waals surface area contributed by atoms with Gasteiger partial charge in [0.15, 0.2) is 0 Å². The van der Waals surface area contributed by atoms with Crippen molar-refractivity contribution >= 4 is 18.5 Å². The second kappa shape index (κ2) is 5.65. The van der Waals surface area contributed by atoms with Gasteiger partial charge in [-0.25, -0.2) is 4.79 Å². The molecule has 1 rings (SSSR count). The van der Waals surface area contributed by atoms with Crippen molar-refractivity contribution in [1.29, 1.82) is 0 Å². The summed E-state index contributed by atoms with van der Waals surface area (Å²) in [4.78, 5) is 28.9. The van der Waals surface area contributed by atoms with E-state index in [2.05, 4.69) is 0 Å². The fourth-order valence-corrected chi connectivity index (χ4v) is 0.713. The summed E-state index contributed by atoms with van der Waals surface area (Å²) in [7, 11) is 0. The van der Waals surface area contributed by atoms with Crippen LogP contribution in [0.2, 0.25) is 0 Å². The fourth-order valence-electron chi connectivity index (χ4n) is 0.713. The van der Waals surface area contributed by atoms with E-state index in [0.29, 0.717) is 0 Å². The van der Waals surface area contributed by atoms with Crippen LogP contribution in [0.3, 0.4) is 0 Å². The SMILES string of the molecule is C=O.O=C(O)C(=O)c1ccccc1. The van der Waals surface area contributed by atoms with Gasteiger partial charge in [-0.15, -0.1) is 0 Å². The van der Waals surface area contributed by atoms with Crippen LogP contribution in [-0.4, -0.2) is 23.6 Å². The van der Waals surface area contributed by atoms with Gasteiger partial charge < -0.3 is 9.90 Å². The number of aliphatic carboxylic acids is 1. The minimum absolute atomic E-state index is 0.208. The van der Waals surface area contributed by atoms with Crippen molar-refractivity contribution in [2.75, 3.05) is 0 Å². The maximum absolute atomic E-state index is 10.7. The van der Waals surface area contributed by atoms with E-state index >= 15 is 0 Å². The summed E-state index contributed by atoms with van der Waals surface area (Å²) in [5, 5.41) is 8.29. The van der Waals surface area contributed by atoms with Gasteiger partial charge in [0.2, 0.25) is 0 Å². The fraction of sp³-hybridized carbons (Fsp3) is 0. The van der Waals surface area contributed by atoms with Gasteiger partial charge in [-0.3, -0.25) is 4.79 Å². The van der Waals surface area contributed by atoms with E-state index in [1.165, 1.54) is 12.1 Å². The van der Waals surface area contributed by atoms with Gasteiger partial charge in [-0.2, -0.15) is 0 Å². The molecule has 0 amide bonds. The van der Waals surface area contributed by atoms with Gasteiger partial charge in [0, 0.05) is 5.56 Å². The molecule has 0 aliphatic heterocycles. The molecule has 0 aliphatic carbocycles. The van der Waals surface area contributed by atoms with E-state index in [1.54, 1.807) is 18.2 Å². The van der Waals surface area contributed by atoms with Crippen molar-refractivity contribution in [3.05, 3.63) is 35.9 Å². The van der Waals surface area contributed by atoms with Crippen LogP contribution in [0.5, 0.6) is 0 Å². The molecule has 13 heavy (non-hydrogen) atoms. The van der Waals surface area contributed by atoms with Gasteiger partial charge >= 0.3 is 5.97 Å². The molecule has 0 fully saturated rings. The van der Waals surface area contributed by atoms with Gasteiger partial charge in [0.05, 0.1) is 0 Å². The molecule has 0 aromatic heterocycles. The molecule has 0 aliphatic rings. The Bertz CT molecular complexity index is 292. The highest BCUT2D eigenvalue weighted by molar-refractivity contribution is 6.39. The molecule has 0 atom stereocenters. The molecular formula is C9H8O4. The van der Waals surface area contributed by atoms with Gasteiger partial charge in [0.25, 0.3) is 5.78 Å². The molecule has 4 nitrogen and oxygen atoms in total. The molecule has 1 aromatic rings. The first-order valence-corrected chi connectivity index (χ1v) is 3.33. The molecule has 0 spiro atoms. The van der Waals surface area contributed by atoms with Crippen molar-refractivity contribution in [1.82, 2.24) is 0 Å². The lowest BCUT2D eigenvalue weighted by Gasteiger charge is -1.91. The standard InChI is InChI=1S/C8H6O3.CH2O/c9-7(8(10)11)6-4-2-1-3-5-6;1-2/h1-5H,(H,10,11);1H2. The van der Waals surface area contributed by atoms with Crippen LogP contribution in [0.4, 0.5) is 0 Å². The van der Waals surface area contributed by atoms with E-state index in [-0.39, 0.29) is 5.56 Å². The molecular weight excluding hydrogens is 172 g/mol. The monoisotopic (exact) mass is 180 g/mol. The number of carboxylic acids is 1. The zero-order valence-corrected chi connectivity index (χ0v) is 6.77. The van der Waals surface area contributed by atoms with Crippen LogP contribution in [-0.2, 0) is 9.59 Å². The predicted octanol–water partition coefficient (Wildman–Crippen LogP) is 0.769. The van der Waals surface area contributed by atoms with Crippen LogP contribution in [0.15, 0.2) is 30.3 Å². The van der Waals surface area contributed by atoms with E-state index in [9.17, 15) is 9.59 Å². The Hall–Kier alpha value is -1.97. The summed E-state index contributed by atoms with van der Waals surface area (Å²) in [5.41, 5.74) is 0.208. The third kappa shape index (κ3) is 3.29. The topological polar surface area (TPSA) is 71.4 Å². The molecule has 0 saturated carbocycles. The molecule has 0 heterocycles. The molecule has 1 N–H and O–H groups in total. The maximum atomic E-state index is 10.7. The molecule has 0 unspecified atom stereocenters. The first-order valence-electron chi connectivity index (χ1n) is 3.33. The summed E-state index contributed by atoms with van der Waals surface area (Å²) >= 11 is 0. The van der Waals surface area contributed by atoms with Crippen molar-refractivity contribution < 1.29 is 19.5 Å². The van der Waals surface area contributed by atoms with Gasteiger partial charge in [-0.1, -0.05) is 30.3 Å². The number of hydrogen-bond donors (Lipinski definition) is 1. The van der Waals surface area contributed by atoms with Crippen molar-refractivity contribution in [2.45, 2.75) is 0 Å². The number of carbonyl (C=O) groups excluding carboxylic acids is 2. The van der Waals surface area contributed by atoms with E-state index in [4.69, 9.17) is 9.90 Å². The first kappa shape index (κ1) is 11.0. The smallest absolute Gasteiger partial charge is 0.377 e. The maximum Gasteiger partial charge on any atom is 0.377 e. The molecule has 1 aromatic carbocycles. The lowest BCUT2D eigenvalue weighted by molar-refractivity contribution is -0.131. The summed E-state index contributed by atoms with van der Waals surface area (Å²) in [6.07, 6.45) is 0. The lowest BCUT2D eigenvalue weighted by Crippen LogP contribution is -2.12. The summed E-state index contributed by atoms with van der Waals surface area (Å²) in [6, 6.07) is 7.90. The lowest BCUT2D eigenvalue weighted by atomic mass is 10.1. The van der Waals surface area contributed by atoms with Crippen LogP contribution >= 0.6 is 0 Å². The average Bonchev–Trinajstić information content (AvgIpc) is 2.21. The first-order chi connectivity index (χ1) is 6.22. The van der Waals surface area contributed by atoms with Crippen molar-refractivity contribution in [2.24, 2.45) is 0 Å². The number of hydrogen-bond acceptors (Lipinski definition) is 3. The number of Topliss-reactive ketones (excluding diaryl/α,β-unsaturated/α-hetero) is 1. The Labute approximate surface area is 74.8 Å². The largest absolute Gasteiger partial charge is 0.475 e. The zero-order chi connectivity index (χ0) is 10.3. The Balaban J connectivity index is 0.000000671. The minimum Gasteiger partial charge on any atom is -0.475 e. The highest BCUT2D eigenvalue weighted by Gasteiger charge is 2.12. The third-order valence-electron chi connectivity index (χ3n) is 1.23. The van der Waals surface area contributed by atoms with Gasteiger partial charge in [-0.05, 0) is 0 Å². The summed E-state index contributed by atoms with van der Waals surface area (Å²) in [5.74, 6) is -2.29. The van der Waals surface area contributed by atoms with Crippen LogP contribution in [0.25, 0.3) is 0 Å². The van der Waals surface area contributed by atoms with Crippen molar-refractivity contribution in [3.63, 3.8) is 0 Å². The summed E-state index contributed by atoms with van der Waals surface area (Å²) < 4.78 is 0. The van der Waals surface area contributed by atoms with Crippen LogP contribution in [0.1, 0.15) is 10.4 Å². The van der Waals surface area contributed by atoms with Crippen LogP contribution < -0.4 is 0 Å². The quantitative estimate of drug-likeness (QED) is 0.539. The third-order valence-corrected chi connectivity index (χ3v) is 1.23. The number of ketones is 1. The normalized spacial score (nSPS) is 8.00. The number of benzene rings is 1. The molecule has 0 bridgehead atoms. The van der Waals surface area contributed by atoms with Gasteiger partial charge in [0.1, 0.15) is 6.79 Å². The van der Waals surface area contributed by atoms with E-state index < -0.39 is 11.8 Å². The van der Waals surface area contributed by atoms with Crippen molar-refractivity contribution in [3.8, 4) is 0 Å². The second-order valence-corrected chi connectivity index (χ2v) is 2.00. The second-order valence-electron chi connectivity index (χ2n) is 2.00. The average molecular weight is 180 g/mol. The molecule has 4 heteroatoms. The summed E-state index contributed by atoms with van der Waals surface area (Å²) in [6.45, 7) is 2.00. The number of carboxylic acid groups (broad SMARTS) is 1. The van der Waals surface area contributed by atoms with E-state index in [0.717, 1.165) is 0 Å². The van der Waals surface area contributed by atoms with Crippen LogP contribution in [0, 0.1) is 0 Å². The Morgan fingerprint density at radius 3 is 1.92 bits per heavy atom.